The summed E-state index contributed by atoms with van der Waals surface area (Å²) in [5.74, 6) is -0.343. The maximum absolute atomic E-state index is 12.1. The SMILES string of the molecule is CCOC(=O)c1sc2nccnc2c1-c1ccncc1. The highest BCUT2D eigenvalue weighted by atomic mass is 32.1. The number of ether oxygens (including phenoxy) is 1. The minimum atomic E-state index is -0.343. The van der Waals surface area contributed by atoms with E-state index >= 15 is 0 Å². The Bertz CT molecular complexity index is 755. The molecule has 3 heterocycles. The molecule has 0 spiro atoms. The van der Waals surface area contributed by atoms with Crippen LogP contribution in [-0.2, 0) is 4.74 Å². The molecule has 0 aliphatic rings. The zero-order valence-electron chi connectivity index (χ0n) is 10.7. The Morgan fingerprint density at radius 3 is 2.70 bits per heavy atom. The first-order chi connectivity index (χ1) is 9.81. The second-order valence-electron chi connectivity index (χ2n) is 3.97. The van der Waals surface area contributed by atoms with E-state index < -0.39 is 0 Å². The summed E-state index contributed by atoms with van der Waals surface area (Å²) in [5, 5.41) is 0. The first kappa shape index (κ1) is 12.7. The maximum atomic E-state index is 12.1. The van der Waals surface area contributed by atoms with E-state index in [0.29, 0.717) is 17.0 Å². The Kier molecular flexibility index (Phi) is 3.39. The van der Waals surface area contributed by atoms with Crippen molar-refractivity contribution in [2.75, 3.05) is 6.61 Å². The number of hydrogen-bond acceptors (Lipinski definition) is 6. The van der Waals surface area contributed by atoms with Crippen LogP contribution >= 0.6 is 11.3 Å². The van der Waals surface area contributed by atoms with E-state index in [0.717, 1.165) is 16.0 Å². The first-order valence-electron chi connectivity index (χ1n) is 6.12. The topological polar surface area (TPSA) is 65.0 Å². The average molecular weight is 285 g/mol. The van der Waals surface area contributed by atoms with E-state index in [4.69, 9.17) is 4.74 Å². The van der Waals surface area contributed by atoms with Crippen molar-refractivity contribution in [3.8, 4) is 11.1 Å². The molecule has 20 heavy (non-hydrogen) atoms. The monoisotopic (exact) mass is 285 g/mol. The molecular formula is C14H11N3O2S. The minimum Gasteiger partial charge on any atom is -0.462 e. The van der Waals surface area contributed by atoms with Crippen molar-refractivity contribution >= 4 is 27.7 Å². The Hall–Kier alpha value is -2.34. The molecule has 0 N–H and O–H groups in total. The molecule has 0 aromatic carbocycles. The molecule has 5 nitrogen and oxygen atoms in total. The predicted molar refractivity (Wildman–Crippen MR) is 76.6 cm³/mol. The molecule has 0 saturated carbocycles. The second-order valence-corrected chi connectivity index (χ2v) is 4.97. The van der Waals surface area contributed by atoms with Gasteiger partial charge >= 0.3 is 5.97 Å². The van der Waals surface area contributed by atoms with Crippen molar-refractivity contribution < 1.29 is 9.53 Å². The third kappa shape index (κ3) is 2.14. The average Bonchev–Trinajstić information content (AvgIpc) is 2.88. The third-order valence-electron chi connectivity index (χ3n) is 2.76. The lowest BCUT2D eigenvalue weighted by Crippen LogP contribution is -2.03. The van der Waals surface area contributed by atoms with Crippen LogP contribution in [-0.4, -0.2) is 27.5 Å². The summed E-state index contributed by atoms with van der Waals surface area (Å²) < 4.78 is 5.12. The number of rotatable bonds is 3. The number of fused-ring (bicyclic) bond motifs is 1. The lowest BCUT2D eigenvalue weighted by Gasteiger charge is -2.03. The number of esters is 1. The van der Waals surface area contributed by atoms with Crippen molar-refractivity contribution in [3.63, 3.8) is 0 Å². The van der Waals surface area contributed by atoms with Crippen molar-refractivity contribution in [1.82, 2.24) is 15.0 Å². The molecule has 3 aromatic rings. The van der Waals surface area contributed by atoms with Gasteiger partial charge < -0.3 is 4.74 Å². The van der Waals surface area contributed by atoms with Crippen LogP contribution in [0.4, 0.5) is 0 Å². The maximum Gasteiger partial charge on any atom is 0.349 e. The number of pyridine rings is 1. The minimum absolute atomic E-state index is 0.337. The Morgan fingerprint density at radius 2 is 1.95 bits per heavy atom. The van der Waals surface area contributed by atoms with Gasteiger partial charge in [-0.1, -0.05) is 0 Å². The lowest BCUT2D eigenvalue weighted by atomic mass is 10.1. The van der Waals surface area contributed by atoms with Gasteiger partial charge in [-0.25, -0.2) is 9.78 Å². The molecule has 0 saturated heterocycles. The smallest absolute Gasteiger partial charge is 0.349 e. The van der Waals surface area contributed by atoms with Gasteiger partial charge in [-0.15, -0.1) is 11.3 Å². The van der Waals surface area contributed by atoms with Gasteiger partial charge in [0.1, 0.15) is 15.2 Å². The molecule has 0 aliphatic carbocycles. The summed E-state index contributed by atoms with van der Waals surface area (Å²) in [5.41, 5.74) is 2.36. The van der Waals surface area contributed by atoms with E-state index in [1.807, 2.05) is 12.1 Å². The standard InChI is InChI=1S/C14H11N3O2S/c1-2-19-14(18)12-10(9-3-5-15-6-4-9)11-13(20-12)17-8-7-16-11/h3-8H,2H2,1H3. The summed E-state index contributed by atoms with van der Waals surface area (Å²) in [4.78, 5) is 26.0. The molecule has 0 radical (unpaired) electrons. The zero-order valence-corrected chi connectivity index (χ0v) is 11.6. The van der Waals surface area contributed by atoms with Crippen molar-refractivity contribution in [3.05, 3.63) is 41.8 Å². The van der Waals surface area contributed by atoms with Gasteiger partial charge in [0.2, 0.25) is 0 Å². The van der Waals surface area contributed by atoms with Gasteiger partial charge in [-0.3, -0.25) is 9.97 Å². The molecular weight excluding hydrogens is 274 g/mol. The quantitative estimate of drug-likeness (QED) is 0.692. The van der Waals surface area contributed by atoms with E-state index in [9.17, 15) is 4.79 Å². The lowest BCUT2D eigenvalue weighted by molar-refractivity contribution is 0.0533. The molecule has 6 heteroatoms. The predicted octanol–water partition coefficient (Wildman–Crippen LogP) is 2.93. The molecule has 3 aromatic heterocycles. The van der Waals surface area contributed by atoms with Gasteiger partial charge in [-0.2, -0.15) is 0 Å². The van der Waals surface area contributed by atoms with Crippen molar-refractivity contribution in [1.29, 1.82) is 0 Å². The molecule has 0 unspecified atom stereocenters. The van der Waals surface area contributed by atoms with E-state index in [2.05, 4.69) is 15.0 Å². The van der Waals surface area contributed by atoms with Gasteiger partial charge in [-0.05, 0) is 24.6 Å². The Morgan fingerprint density at radius 1 is 1.20 bits per heavy atom. The summed E-state index contributed by atoms with van der Waals surface area (Å²) in [6.45, 7) is 2.12. The van der Waals surface area contributed by atoms with E-state index in [-0.39, 0.29) is 5.97 Å². The fourth-order valence-electron chi connectivity index (χ4n) is 1.95. The Balaban J connectivity index is 2.26. The zero-order chi connectivity index (χ0) is 13.9. The molecule has 0 atom stereocenters. The highest BCUT2D eigenvalue weighted by Gasteiger charge is 2.22. The van der Waals surface area contributed by atoms with Gasteiger partial charge in [0.05, 0.1) is 6.61 Å². The van der Waals surface area contributed by atoms with E-state index in [1.165, 1.54) is 11.3 Å². The van der Waals surface area contributed by atoms with Crippen LogP contribution in [0.25, 0.3) is 21.5 Å². The first-order valence-corrected chi connectivity index (χ1v) is 6.94. The van der Waals surface area contributed by atoms with Crippen molar-refractivity contribution in [2.24, 2.45) is 0 Å². The van der Waals surface area contributed by atoms with Crippen LogP contribution < -0.4 is 0 Å². The van der Waals surface area contributed by atoms with Crippen LogP contribution in [0.1, 0.15) is 16.6 Å². The molecule has 0 bridgehead atoms. The summed E-state index contributed by atoms with van der Waals surface area (Å²) in [6.07, 6.45) is 6.60. The number of aromatic nitrogens is 3. The molecule has 0 fully saturated rings. The summed E-state index contributed by atoms with van der Waals surface area (Å²) >= 11 is 1.30. The normalized spacial score (nSPS) is 10.7. The van der Waals surface area contributed by atoms with Crippen LogP contribution in [0.2, 0.25) is 0 Å². The summed E-state index contributed by atoms with van der Waals surface area (Å²) in [7, 11) is 0. The molecule has 3 rings (SSSR count). The third-order valence-corrected chi connectivity index (χ3v) is 3.82. The van der Waals surface area contributed by atoms with Crippen LogP contribution in [0.5, 0.6) is 0 Å². The Labute approximate surface area is 119 Å². The fraction of sp³-hybridized carbons (Fsp3) is 0.143. The molecule has 0 amide bonds. The van der Waals surface area contributed by atoms with Gasteiger partial charge in [0, 0.05) is 30.4 Å². The van der Waals surface area contributed by atoms with E-state index in [1.54, 1.807) is 31.7 Å². The van der Waals surface area contributed by atoms with Crippen LogP contribution in [0.3, 0.4) is 0 Å². The van der Waals surface area contributed by atoms with Gasteiger partial charge in [0.25, 0.3) is 0 Å². The number of hydrogen-bond donors (Lipinski definition) is 0. The number of nitrogens with zero attached hydrogens (tertiary/aromatic N) is 3. The largest absolute Gasteiger partial charge is 0.462 e. The highest BCUT2D eigenvalue weighted by Crippen LogP contribution is 2.36. The molecule has 0 aliphatic heterocycles. The number of carbonyl (C=O) groups is 1. The van der Waals surface area contributed by atoms with Gasteiger partial charge in [0.15, 0.2) is 0 Å². The van der Waals surface area contributed by atoms with Crippen LogP contribution in [0, 0.1) is 0 Å². The molecule has 100 valence electrons. The summed E-state index contributed by atoms with van der Waals surface area (Å²) in [6, 6.07) is 3.69. The fourth-order valence-corrected chi connectivity index (χ4v) is 2.97. The van der Waals surface area contributed by atoms with Crippen LogP contribution in [0.15, 0.2) is 36.9 Å². The highest BCUT2D eigenvalue weighted by molar-refractivity contribution is 7.21. The number of thiophene rings is 1. The number of carbonyl (C=O) groups excluding carboxylic acids is 1. The van der Waals surface area contributed by atoms with Crippen molar-refractivity contribution in [2.45, 2.75) is 6.92 Å². The second kappa shape index (κ2) is 5.34.